The summed E-state index contributed by atoms with van der Waals surface area (Å²) in [5.41, 5.74) is 3.01. The second kappa shape index (κ2) is 9.60. The van der Waals surface area contributed by atoms with Crippen molar-refractivity contribution >= 4 is 67.0 Å². The Morgan fingerprint density at radius 1 is 1.32 bits per heavy atom. The number of sulfonamides is 1. The van der Waals surface area contributed by atoms with Crippen LogP contribution in [-0.4, -0.2) is 40.4 Å². The lowest BCUT2D eigenvalue weighted by Gasteiger charge is -2.22. The van der Waals surface area contributed by atoms with Gasteiger partial charge in [0.1, 0.15) is 12.3 Å². The fraction of sp³-hybridized carbons (Fsp3) is 0.176. The number of nitrogens with one attached hydrogen (secondary N) is 1. The maximum atomic E-state index is 12.2. The van der Waals surface area contributed by atoms with Crippen LogP contribution in [0.5, 0.6) is 5.75 Å². The van der Waals surface area contributed by atoms with Gasteiger partial charge in [-0.1, -0.05) is 45.2 Å². The molecule has 0 bridgehead atoms. The van der Waals surface area contributed by atoms with E-state index >= 15 is 0 Å². The molecule has 0 aliphatic carbocycles. The number of anilines is 1. The molecule has 1 amide bonds. The topological polar surface area (TPSA) is 88.1 Å². The number of carbonyl (C=O) groups is 1. The van der Waals surface area contributed by atoms with Crippen molar-refractivity contribution in [2.75, 3.05) is 24.2 Å². The van der Waals surface area contributed by atoms with Gasteiger partial charge in [-0.15, -0.1) is 0 Å². The maximum absolute atomic E-state index is 12.2. The highest BCUT2D eigenvalue weighted by Gasteiger charge is 2.23. The number of nitrogens with zero attached hydrogens (tertiary/aromatic N) is 2. The first-order chi connectivity index (χ1) is 13.1. The van der Waals surface area contributed by atoms with Gasteiger partial charge in [0, 0.05) is 10.0 Å². The summed E-state index contributed by atoms with van der Waals surface area (Å²) in [6.45, 7) is -0.522. The van der Waals surface area contributed by atoms with E-state index in [1.54, 1.807) is 18.2 Å². The zero-order chi connectivity index (χ0) is 20.9. The van der Waals surface area contributed by atoms with Crippen molar-refractivity contribution in [3.8, 4) is 5.75 Å². The summed E-state index contributed by atoms with van der Waals surface area (Å²) in [6, 6.07) is 9.80. The van der Waals surface area contributed by atoms with Gasteiger partial charge in [0.05, 0.1) is 35.3 Å². The van der Waals surface area contributed by atoms with Crippen LogP contribution < -0.4 is 14.5 Å². The van der Waals surface area contributed by atoms with Crippen LogP contribution in [0.1, 0.15) is 5.56 Å². The van der Waals surface area contributed by atoms with Gasteiger partial charge in [-0.25, -0.2) is 13.8 Å². The molecule has 0 spiro atoms. The van der Waals surface area contributed by atoms with Crippen LogP contribution in [0.25, 0.3) is 0 Å². The molecular weight excluding hydrogens is 493 g/mol. The Morgan fingerprint density at radius 2 is 2.04 bits per heavy atom. The summed E-state index contributed by atoms with van der Waals surface area (Å²) in [7, 11) is -2.28. The minimum atomic E-state index is -3.79. The number of benzene rings is 2. The van der Waals surface area contributed by atoms with Crippen LogP contribution in [0.3, 0.4) is 0 Å². The van der Waals surface area contributed by atoms with Gasteiger partial charge >= 0.3 is 0 Å². The normalized spacial score (nSPS) is 11.5. The molecule has 0 heterocycles. The monoisotopic (exact) mass is 507 g/mol. The molecule has 2 rings (SSSR count). The second-order valence-corrected chi connectivity index (χ2v) is 9.13. The number of hydrogen-bond donors (Lipinski definition) is 1. The Kier molecular flexibility index (Phi) is 7.70. The number of methoxy groups -OCH3 is 1. The van der Waals surface area contributed by atoms with Crippen molar-refractivity contribution < 1.29 is 17.9 Å². The van der Waals surface area contributed by atoms with Crippen molar-refractivity contribution in [2.24, 2.45) is 5.10 Å². The summed E-state index contributed by atoms with van der Waals surface area (Å²) < 4.78 is 31.1. The second-order valence-electron chi connectivity index (χ2n) is 5.52. The summed E-state index contributed by atoms with van der Waals surface area (Å²) in [6.07, 6.45) is 2.35. The zero-order valence-electron chi connectivity index (χ0n) is 14.8. The maximum Gasteiger partial charge on any atom is 0.260 e. The van der Waals surface area contributed by atoms with Crippen LogP contribution >= 0.6 is 39.1 Å². The van der Waals surface area contributed by atoms with Gasteiger partial charge in [0.2, 0.25) is 10.0 Å². The third-order valence-electron chi connectivity index (χ3n) is 3.47. The molecule has 0 atom stereocenters. The van der Waals surface area contributed by atoms with E-state index in [0.717, 1.165) is 15.0 Å². The van der Waals surface area contributed by atoms with Crippen molar-refractivity contribution in [3.63, 3.8) is 0 Å². The molecular formula is C17H16BrCl2N3O4S. The Hall–Kier alpha value is -1.81. The first-order valence-corrected chi connectivity index (χ1v) is 11.1. The summed E-state index contributed by atoms with van der Waals surface area (Å²) >= 11 is 15.4. The molecule has 0 radical (unpaired) electrons. The molecule has 0 aliphatic rings. The Labute approximate surface area is 181 Å². The summed E-state index contributed by atoms with van der Waals surface area (Å²) in [4.78, 5) is 12.2. The number of hydrogen-bond acceptors (Lipinski definition) is 5. The lowest BCUT2D eigenvalue weighted by Crippen LogP contribution is -2.39. The summed E-state index contributed by atoms with van der Waals surface area (Å²) in [5.74, 6) is -0.101. The highest BCUT2D eigenvalue weighted by molar-refractivity contribution is 9.10. The molecule has 0 saturated carbocycles. The van der Waals surface area contributed by atoms with E-state index in [1.165, 1.54) is 31.5 Å². The van der Waals surface area contributed by atoms with E-state index in [1.807, 2.05) is 0 Å². The first-order valence-electron chi connectivity index (χ1n) is 7.70. The standard InChI is InChI=1S/C17H16BrCl2N3O4S/c1-27-15-7-6-12(18)8-11(15)9-21-22-16(24)10-23(28(2,25)26)14-5-3-4-13(19)17(14)20/h3-9H,10H2,1-2H3,(H,22,24)/b21-9-. The highest BCUT2D eigenvalue weighted by atomic mass is 79.9. The lowest BCUT2D eigenvalue weighted by atomic mass is 10.2. The smallest absolute Gasteiger partial charge is 0.260 e. The van der Waals surface area contributed by atoms with Crippen molar-refractivity contribution in [1.82, 2.24) is 5.43 Å². The molecule has 150 valence electrons. The van der Waals surface area contributed by atoms with Crippen LogP contribution in [0, 0.1) is 0 Å². The van der Waals surface area contributed by atoms with Gasteiger partial charge in [-0.05, 0) is 30.3 Å². The van der Waals surface area contributed by atoms with Crippen molar-refractivity contribution in [1.29, 1.82) is 0 Å². The van der Waals surface area contributed by atoms with E-state index in [9.17, 15) is 13.2 Å². The first kappa shape index (κ1) is 22.5. The van der Waals surface area contributed by atoms with Crippen LogP contribution in [0.4, 0.5) is 5.69 Å². The van der Waals surface area contributed by atoms with Gasteiger partial charge < -0.3 is 4.74 Å². The minimum absolute atomic E-state index is 0.0322. The molecule has 28 heavy (non-hydrogen) atoms. The molecule has 0 saturated heterocycles. The van der Waals surface area contributed by atoms with E-state index in [-0.39, 0.29) is 15.7 Å². The van der Waals surface area contributed by atoms with Crippen LogP contribution in [0.15, 0.2) is 46.0 Å². The number of ether oxygens (including phenoxy) is 1. The van der Waals surface area contributed by atoms with Gasteiger partial charge in [0.15, 0.2) is 0 Å². The average molecular weight is 509 g/mol. The largest absolute Gasteiger partial charge is 0.496 e. The van der Waals surface area contributed by atoms with Gasteiger partial charge in [-0.2, -0.15) is 5.10 Å². The number of carbonyl (C=O) groups excluding carboxylic acids is 1. The van der Waals surface area contributed by atoms with Gasteiger partial charge in [0.25, 0.3) is 5.91 Å². The SMILES string of the molecule is COc1ccc(Br)cc1/C=N\NC(=O)CN(c1cccc(Cl)c1Cl)S(C)(=O)=O. The number of hydrazone groups is 1. The minimum Gasteiger partial charge on any atom is -0.496 e. The predicted molar refractivity (Wildman–Crippen MR) is 115 cm³/mol. The van der Waals surface area contributed by atoms with E-state index in [4.69, 9.17) is 27.9 Å². The van der Waals surface area contributed by atoms with E-state index < -0.39 is 22.5 Å². The Balaban J connectivity index is 2.17. The Bertz CT molecular complexity index is 1020. The predicted octanol–water partition coefficient (Wildman–Crippen LogP) is 3.68. The molecule has 11 heteroatoms. The van der Waals surface area contributed by atoms with E-state index in [2.05, 4.69) is 26.5 Å². The fourth-order valence-corrected chi connectivity index (χ4v) is 3.90. The van der Waals surface area contributed by atoms with Crippen molar-refractivity contribution in [2.45, 2.75) is 0 Å². The molecule has 0 aliphatic heterocycles. The molecule has 0 aromatic heterocycles. The molecule has 0 unspecified atom stereocenters. The number of amides is 1. The van der Waals surface area contributed by atoms with Gasteiger partial charge in [-0.3, -0.25) is 9.10 Å². The number of rotatable bonds is 7. The molecule has 0 fully saturated rings. The zero-order valence-corrected chi connectivity index (χ0v) is 18.7. The van der Waals surface area contributed by atoms with E-state index in [0.29, 0.717) is 11.3 Å². The molecule has 1 N–H and O–H groups in total. The van der Waals surface area contributed by atoms with Crippen LogP contribution in [-0.2, 0) is 14.8 Å². The quantitative estimate of drug-likeness (QED) is 0.456. The van der Waals surface area contributed by atoms with Crippen LogP contribution in [0.2, 0.25) is 10.0 Å². The highest BCUT2D eigenvalue weighted by Crippen LogP contribution is 2.33. The molecule has 2 aromatic rings. The summed E-state index contributed by atoms with van der Waals surface area (Å²) in [5, 5.41) is 4.06. The fourth-order valence-electron chi connectivity index (χ4n) is 2.21. The molecule has 2 aromatic carbocycles. The Morgan fingerprint density at radius 3 is 2.68 bits per heavy atom. The number of halogens is 3. The van der Waals surface area contributed by atoms with Crippen molar-refractivity contribution in [3.05, 3.63) is 56.5 Å². The average Bonchev–Trinajstić information content (AvgIpc) is 2.62. The lowest BCUT2D eigenvalue weighted by molar-refractivity contribution is -0.119. The molecule has 7 nitrogen and oxygen atoms in total. The third-order valence-corrected chi connectivity index (χ3v) is 5.90. The third kappa shape index (κ3) is 5.84.